The van der Waals surface area contributed by atoms with Crippen molar-refractivity contribution in [2.24, 2.45) is 5.41 Å². The van der Waals surface area contributed by atoms with E-state index in [1.54, 1.807) is 0 Å². The molecule has 0 saturated heterocycles. The number of carboxylic acids is 1. The molecule has 1 rings (SSSR count). The molecule has 0 fully saturated rings. The standard InChI is InChI=1S/C11H11F2NO3/c1-11(2,10(16)17)9(15)14-7-5-3-4-6(12)8(7)13/h3-5H,1-2H3,(H,14,15)(H,16,17). The van der Waals surface area contributed by atoms with E-state index in [1.165, 1.54) is 19.9 Å². The quantitative estimate of drug-likeness (QED) is 0.798. The zero-order chi connectivity index (χ0) is 13.2. The van der Waals surface area contributed by atoms with Crippen LogP contribution < -0.4 is 5.32 Å². The Labute approximate surface area is 96.3 Å². The lowest BCUT2D eigenvalue weighted by Gasteiger charge is -2.18. The van der Waals surface area contributed by atoms with Crippen LogP contribution in [0.25, 0.3) is 0 Å². The van der Waals surface area contributed by atoms with Gasteiger partial charge in [0, 0.05) is 0 Å². The maximum atomic E-state index is 13.2. The smallest absolute Gasteiger partial charge is 0.318 e. The number of aliphatic carboxylic acids is 1. The highest BCUT2D eigenvalue weighted by molar-refractivity contribution is 6.07. The Morgan fingerprint density at radius 3 is 2.41 bits per heavy atom. The molecule has 1 aromatic rings. The molecule has 0 saturated carbocycles. The first kappa shape index (κ1) is 13.1. The number of anilines is 1. The predicted octanol–water partition coefficient (Wildman–Crippen LogP) is 2.01. The van der Waals surface area contributed by atoms with Gasteiger partial charge in [0.25, 0.3) is 0 Å². The Morgan fingerprint density at radius 2 is 1.88 bits per heavy atom. The number of halogens is 2. The molecule has 0 radical (unpaired) electrons. The van der Waals surface area contributed by atoms with E-state index in [1.807, 2.05) is 5.32 Å². The molecule has 92 valence electrons. The van der Waals surface area contributed by atoms with Crippen LogP contribution in [0.3, 0.4) is 0 Å². The van der Waals surface area contributed by atoms with E-state index in [0.29, 0.717) is 0 Å². The highest BCUT2D eigenvalue weighted by Gasteiger charge is 2.36. The molecule has 2 N–H and O–H groups in total. The molecule has 1 amide bonds. The average Bonchev–Trinajstić information content (AvgIpc) is 2.24. The van der Waals surface area contributed by atoms with E-state index in [0.717, 1.165) is 12.1 Å². The zero-order valence-electron chi connectivity index (χ0n) is 9.25. The molecule has 0 aliphatic heterocycles. The summed E-state index contributed by atoms with van der Waals surface area (Å²) in [6.07, 6.45) is 0. The lowest BCUT2D eigenvalue weighted by atomic mass is 9.92. The highest BCUT2D eigenvalue weighted by atomic mass is 19.2. The fraction of sp³-hybridized carbons (Fsp3) is 0.273. The second-order valence-corrected chi connectivity index (χ2v) is 3.99. The van der Waals surface area contributed by atoms with Gasteiger partial charge in [0.2, 0.25) is 5.91 Å². The van der Waals surface area contributed by atoms with Crippen LogP contribution in [0.5, 0.6) is 0 Å². The number of amides is 1. The molecular formula is C11H11F2NO3. The Balaban J connectivity index is 2.97. The summed E-state index contributed by atoms with van der Waals surface area (Å²) in [5.74, 6) is -4.61. The van der Waals surface area contributed by atoms with Gasteiger partial charge in [0.1, 0.15) is 5.41 Å². The summed E-state index contributed by atoms with van der Waals surface area (Å²) in [5.41, 5.74) is -2.11. The summed E-state index contributed by atoms with van der Waals surface area (Å²) in [7, 11) is 0. The van der Waals surface area contributed by atoms with E-state index >= 15 is 0 Å². The van der Waals surface area contributed by atoms with Gasteiger partial charge < -0.3 is 10.4 Å². The van der Waals surface area contributed by atoms with E-state index in [9.17, 15) is 18.4 Å². The summed E-state index contributed by atoms with van der Waals surface area (Å²) in [6.45, 7) is 2.34. The van der Waals surface area contributed by atoms with Crippen molar-refractivity contribution in [1.29, 1.82) is 0 Å². The van der Waals surface area contributed by atoms with Gasteiger partial charge in [-0.1, -0.05) is 6.07 Å². The van der Waals surface area contributed by atoms with Crippen LogP contribution in [0, 0.1) is 17.0 Å². The van der Waals surface area contributed by atoms with Crippen molar-refractivity contribution in [2.75, 3.05) is 5.32 Å². The Hall–Kier alpha value is -1.98. The molecule has 0 unspecified atom stereocenters. The normalized spacial score (nSPS) is 11.1. The van der Waals surface area contributed by atoms with Crippen molar-refractivity contribution in [3.63, 3.8) is 0 Å². The van der Waals surface area contributed by atoms with Gasteiger partial charge in [-0.15, -0.1) is 0 Å². The van der Waals surface area contributed by atoms with Crippen molar-refractivity contribution in [3.8, 4) is 0 Å². The lowest BCUT2D eigenvalue weighted by Crippen LogP contribution is -2.38. The maximum Gasteiger partial charge on any atom is 0.318 e. The molecule has 0 spiro atoms. The SMILES string of the molecule is CC(C)(C(=O)O)C(=O)Nc1cccc(F)c1F. The molecule has 17 heavy (non-hydrogen) atoms. The molecule has 0 heterocycles. The molecule has 6 heteroatoms. The minimum absolute atomic E-state index is 0.385. The monoisotopic (exact) mass is 243 g/mol. The average molecular weight is 243 g/mol. The van der Waals surface area contributed by atoms with Crippen LogP contribution in [-0.2, 0) is 9.59 Å². The van der Waals surface area contributed by atoms with Gasteiger partial charge in [-0.25, -0.2) is 8.78 Å². The fourth-order valence-corrected chi connectivity index (χ4v) is 0.976. The predicted molar refractivity (Wildman–Crippen MR) is 56.4 cm³/mol. The highest BCUT2D eigenvalue weighted by Crippen LogP contribution is 2.21. The van der Waals surface area contributed by atoms with Gasteiger partial charge in [-0.05, 0) is 26.0 Å². The van der Waals surface area contributed by atoms with Crippen molar-refractivity contribution >= 4 is 17.6 Å². The zero-order valence-corrected chi connectivity index (χ0v) is 9.25. The maximum absolute atomic E-state index is 13.2. The number of carbonyl (C=O) groups excluding carboxylic acids is 1. The largest absolute Gasteiger partial charge is 0.480 e. The first-order chi connectivity index (χ1) is 7.76. The first-order valence-corrected chi connectivity index (χ1v) is 4.75. The van der Waals surface area contributed by atoms with Crippen LogP contribution in [-0.4, -0.2) is 17.0 Å². The third-order valence-corrected chi connectivity index (χ3v) is 2.30. The van der Waals surface area contributed by atoms with Crippen LogP contribution in [0.2, 0.25) is 0 Å². The molecule has 0 aliphatic rings. The second kappa shape index (κ2) is 4.48. The summed E-state index contributed by atoms with van der Waals surface area (Å²) >= 11 is 0. The number of hydrogen-bond donors (Lipinski definition) is 2. The van der Waals surface area contributed by atoms with Crippen molar-refractivity contribution in [2.45, 2.75) is 13.8 Å². The number of rotatable bonds is 3. The molecule has 0 aliphatic carbocycles. The first-order valence-electron chi connectivity index (χ1n) is 4.75. The van der Waals surface area contributed by atoms with Crippen molar-refractivity contribution in [1.82, 2.24) is 0 Å². The van der Waals surface area contributed by atoms with E-state index in [2.05, 4.69) is 0 Å². The van der Waals surface area contributed by atoms with Crippen LogP contribution >= 0.6 is 0 Å². The van der Waals surface area contributed by atoms with Crippen LogP contribution in [0.15, 0.2) is 18.2 Å². The van der Waals surface area contributed by atoms with Gasteiger partial charge in [0.15, 0.2) is 11.6 Å². The Bertz CT molecular complexity index is 472. The van der Waals surface area contributed by atoms with Gasteiger partial charge in [-0.2, -0.15) is 0 Å². The molecule has 4 nitrogen and oxygen atoms in total. The van der Waals surface area contributed by atoms with Gasteiger partial charge >= 0.3 is 5.97 Å². The van der Waals surface area contributed by atoms with Gasteiger partial charge in [-0.3, -0.25) is 9.59 Å². The van der Waals surface area contributed by atoms with E-state index < -0.39 is 28.9 Å². The lowest BCUT2D eigenvalue weighted by molar-refractivity contribution is -0.151. The molecule has 0 bridgehead atoms. The van der Waals surface area contributed by atoms with Crippen molar-refractivity contribution in [3.05, 3.63) is 29.8 Å². The minimum Gasteiger partial charge on any atom is -0.480 e. The minimum atomic E-state index is -1.72. The van der Waals surface area contributed by atoms with Crippen LogP contribution in [0.4, 0.5) is 14.5 Å². The molecule has 0 atom stereocenters. The third-order valence-electron chi connectivity index (χ3n) is 2.30. The summed E-state index contributed by atoms with van der Waals surface area (Å²) in [6, 6.07) is 3.25. The summed E-state index contributed by atoms with van der Waals surface area (Å²) in [5, 5.41) is 10.8. The van der Waals surface area contributed by atoms with Gasteiger partial charge in [0.05, 0.1) is 5.69 Å². The number of hydrogen-bond acceptors (Lipinski definition) is 2. The van der Waals surface area contributed by atoms with Crippen molar-refractivity contribution < 1.29 is 23.5 Å². The summed E-state index contributed by atoms with van der Waals surface area (Å²) < 4.78 is 26.1. The number of benzene rings is 1. The Morgan fingerprint density at radius 1 is 1.29 bits per heavy atom. The second-order valence-electron chi connectivity index (χ2n) is 3.99. The van der Waals surface area contributed by atoms with E-state index in [4.69, 9.17) is 5.11 Å². The summed E-state index contributed by atoms with van der Waals surface area (Å²) in [4.78, 5) is 22.3. The number of carbonyl (C=O) groups is 2. The molecular weight excluding hydrogens is 232 g/mol. The molecule has 1 aromatic carbocycles. The van der Waals surface area contributed by atoms with E-state index in [-0.39, 0.29) is 5.69 Å². The molecule has 0 aromatic heterocycles. The topological polar surface area (TPSA) is 66.4 Å². The third kappa shape index (κ3) is 2.58. The Kier molecular flexibility index (Phi) is 3.45. The van der Waals surface area contributed by atoms with Crippen LogP contribution in [0.1, 0.15) is 13.8 Å². The number of carboxylic acid groups (broad SMARTS) is 1. The fourth-order valence-electron chi connectivity index (χ4n) is 0.976. The number of nitrogens with one attached hydrogen (secondary N) is 1.